The maximum atomic E-state index is 13.5. The van der Waals surface area contributed by atoms with Gasteiger partial charge in [0.15, 0.2) is 5.16 Å². The molecule has 4 rings (SSSR count). The Labute approximate surface area is 201 Å². The van der Waals surface area contributed by atoms with Gasteiger partial charge in [0, 0.05) is 6.07 Å². The molecule has 0 aliphatic carbocycles. The zero-order chi connectivity index (χ0) is 24.2. The highest BCUT2D eigenvalue weighted by molar-refractivity contribution is 8.00. The van der Waals surface area contributed by atoms with Gasteiger partial charge in [-0.1, -0.05) is 36.0 Å². The molecule has 1 heterocycles. The monoisotopic (exact) mass is 475 g/mol. The second-order valence-electron chi connectivity index (χ2n) is 7.71. The molecular formula is C26H25N3O4S. The molecule has 1 amide bonds. The second-order valence-corrected chi connectivity index (χ2v) is 9.01. The van der Waals surface area contributed by atoms with Crippen LogP contribution in [0.1, 0.15) is 12.5 Å². The van der Waals surface area contributed by atoms with Gasteiger partial charge in [0.05, 0.1) is 41.7 Å². The van der Waals surface area contributed by atoms with Crippen LogP contribution in [0, 0.1) is 6.92 Å². The number of nitrogens with one attached hydrogen (secondary N) is 1. The summed E-state index contributed by atoms with van der Waals surface area (Å²) in [6.45, 7) is 3.72. The van der Waals surface area contributed by atoms with Crippen molar-refractivity contribution in [2.75, 3.05) is 19.5 Å². The molecule has 0 saturated heterocycles. The van der Waals surface area contributed by atoms with E-state index in [0.717, 1.165) is 5.56 Å². The van der Waals surface area contributed by atoms with Gasteiger partial charge in [0.25, 0.3) is 5.56 Å². The lowest BCUT2D eigenvalue weighted by Gasteiger charge is -2.17. The number of anilines is 1. The van der Waals surface area contributed by atoms with Crippen LogP contribution in [0.5, 0.6) is 11.5 Å². The number of rotatable bonds is 7. The molecule has 0 saturated carbocycles. The highest BCUT2D eigenvalue weighted by Gasteiger charge is 2.21. The number of carbonyl (C=O) groups is 1. The predicted octanol–water partition coefficient (Wildman–Crippen LogP) is 4.83. The molecule has 174 valence electrons. The lowest BCUT2D eigenvalue weighted by Crippen LogP contribution is -2.26. The molecule has 1 atom stereocenters. The van der Waals surface area contributed by atoms with Gasteiger partial charge >= 0.3 is 0 Å². The fourth-order valence-electron chi connectivity index (χ4n) is 3.53. The summed E-state index contributed by atoms with van der Waals surface area (Å²) < 4.78 is 12.2. The highest BCUT2D eigenvalue weighted by Crippen LogP contribution is 2.29. The molecule has 4 aromatic rings. The van der Waals surface area contributed by atoms with Crippen molar-refractivity contribution in [3.8, 4) is 17.2 Å². The minimum absolute atomic E-state index is 0.214. The largest absolute Gasteiger partial charge is 0.497 e. The first-order chi connectivity index (χ1) is 16.4. The molecule has 8 heteroatoms. The van der Waals surface area contributed by atoms with Crippen LogP contribution in [0.4, 0.5) is 5.69 Å². The number of carbonyl (C=O) groups excluding carboxylic acids is 1. The first-order valence-corrected chi connectivity index (χ1v) is 11.6. The number of benzene rings is 3. The molecule has 34 heavy (non-hydrogen) atoms. The van der Waals surface area contributed by atoms with Gasteiger partial charge in [-0.2, -0.15) is 0 Å². The van der Waals surface area contributed by atoms with Crippen LogP contribution in [0.2, 0.25) is 0 Å². The van der Waals surface area contributed by atoms with Crippen molar-refractivity contribution in [3.05, 3.63) is 82.6 Å². The maximum absolute atomic E-state index is 13.5. The van der Waals surface area contributed by atoms with Crippen molar-refractivity contribution in [1.29, 1.82) is 0 Å². The summed E-state index contributed by atoms with van der Waals surface area (Å²) in [6.07, 6.45) is 0. The summed E-state index contributed by atoms with van der Waals surface area (Å²) in [5.41, 5.74) is 2.56. The number of fused-ring (bicyclic) bond motifs is 1. The molecule has 7 nitrogen and oxygen atoms in total. The fourth-order valence-corrected chi connectivity index (χ4v) is 4.46. The predicted molar refractivity (Wildman–Crippen MR) is 136 cm³/mol. The molecule has 1 unspecified atom stereocenters. The minimum Gasteiger partial charge on any atom is -0.497 e. The number of aryl methyl sites for hydroxylation is 1. The number of aromatic nitrogens is 2. The van der Waals surface area contributed by atoms with E-state index >= 15 is 0 Å². The fraction of sp³-hybridized carbons (Fsp3) is 0.192. The van der Waals surface area contributed by atoms with Crippen molar-refractivity contribution >= 4 is 34.3 Å². The zero-order valence-corrected chi connectivity index (χ0v) is 20.2. The van der Waals surface area contributed by atoms with Crippen molar-refractivity contribution in [1.82, 2.24) is 9.55 Å². The number of nitrogens with zero attached hydrogens (tertiary/aromatic N) is 2. The van der Waals surface area contributed by atoms with Gasteiger partial charge in [-0.05, 0) is 55.8 Å². The number of hydrogen-bond donors (Lipinski definition) is 1. The van der Waals surface area contributed by atoms with Crippen LogP contribution < -0.4 is 20.3 Å². The molecule has 0 aliphatic rings. The van der Waals surface area contributed by atoms with Gasteiger partial charge in [0.1, 0.15) is 11.5 Å². The van der Waals surface area contributed by atoms with E-state index in [0.29, 0.717) is 38.9 Å². The Morgan fingerprint density at radius 2 is 1.82 bits per heavy atom. The van der Waals surface area contributed by atoms with E-state index in [-0.39, 0.29) is 11.5 Å². The van der Waals surface area contributed by atoms with Gasteiger partial charge in [-0.25, -0.2) is 4.98 Å². The lowest BCUT2D eigenvalue weighted by molar-refractivity contribution is -0.115. The Morgan fingerprint density at radius 3 is 2.59 bits per heavy atom. The Kier molecular flexibility index (Phi) is 6.88. The van der Waals surface area contributed by atoms with E-state index in [1.807, 2.05) is 43.3 Å². The molecule has 3 aromatic carbocycles. The Hall–Kier alpha value is -3.78. The topological polar surface area (TPSA) is 82.4 Å². The average Bonchev–Trinajstić information content (AvgIpc) is 2.84. The molecule has 0 aliphatic heterocycles. The number of amides is 1. The average molecular weight is 476 g/mol. The molecule has 0 bridgehead atoms. The summed E-state index contributed by atoms with van der Waals surface area (Å²) >= 11 is 1.21. The first-order valence-electron chi connectivity index (χ1n) is 10.7. The number of thioether (sulfide) groups is 1. The third kappa shape index (κ3) is 4.77. The summed E-state index contributed by atoms with van der Waals surface area (Å²) in [6, 6.07) is 20.0. The zero-order valence-electron chi connectivity index (χ0n) is 19.4. The van der Waals surface area contributed by atoms with Crippen LogP contribution in [-0.2, 0) is 4.79 Å². The van der Waals surface area contributed by atoms with E-state index in [1.54, 1.807) is 51.5 Å². The van der Waals surface area contributed by atoms with Gasteiger partial charge in [0.2, 0.25) is 5.91 Å². The van der Waals surface area contributed by atoms with Crippen LogP contribution in [0.25, 0.3) is 16.6 Å². The lowest BCUT2D eigenvalue weighted by atomic mass is 10.2. The summed E-state index contributed by atoms with van der Waals surface area (Å²) in [5, 5.41) is 3.29. The van der Waals surface area contributed by atoms with E-state index in [4.69, 9.17) is 14.5 Å². The standard InChI is InChI=1S/C26H25N3O4S/c1-16-12-13-23(33-4)22(14-16)27-24(30)17(2)34-26-28-21-11-6-5-10-20(21)25(31)29(26)18-8-7-9-19(15-18)32-3/h5-15,17H,1-4H3,(H,27,30). The third-order valence-corrected chi connectivity index (χ3v) is 6.37. The molecule has 0 fully saturated rings. The summed E-state index contributed by atoms with van der Waals surface area (Å²) in [4.78, 5) is 31.3. The summed E-state index contributed by atoms with van der Waals surface area (Å²) in [7, 11) is 3.13. The molecule has 1 aromatic heterocycles. The van der Waals surface area contributed by atoms with E-state index in [9.17, 15) is 9.59 Å². The van der Waals surface area contributed by atoms with E-state index in [2.05, 4.69) is 5.32 Å². The van der Waals surface area contributed by atoms with E-state index in [1.165, 1.54) is 16.3 Å². The van der Waals surface area contributed by atoms with Crippen LogP contribution >= 0.6 is 11.8 Å². The Bertz CT molecular complexity index is 1420. The van der Waals surface area contributed by atoms with Crippen molar-refractivity contribution in [2.45, 2.75) is 24.3 Å². The van der Waals surface area contributed by atoms with Gasteiger partial charge < -0.3 is 14.8 Å². The highest BCUT2D eigenvalue weighted by atomic mass is 32.2. The second kappa shape index (κ2) is 10.0. The quantitative estimate of drug-likeness (QED) is 0.305. The van der Waals surface area contributed by atoms with Crippen LogP contribution in [0.15, 0.2) is 76.7 Å². The summed E-state index contributed by atoms with van der Waals surface area (Å²) in [5.74, 6) is 0.965. The third-order valence-electron chi connectivity index (χ3n) is 5.32. The van der Waals surface area contributed by atoms with Crippen LogP contribution in [-0.4, -0.2) is 34.9 Å². The molecular weight excluding hydrogens is 450 g/mol. The smallest absolute Gasteiger partial charge is 0.266 e. The minimum atomic E-state index is -0.546. The number of hydrogen-bond acceptors (Lipinski definition) is 6. The van der Waals surface area contributed by atoms with Crippen molar-refractivity contribution in [3.63, 3.8) is 0 Å². The number of para-hydroxylation sites is 1. The van der Waals surface area contributed by atoms with E-state index < -0.39 is 5.25 Å². The Balaban J connectivity index is 1.73. The first kappa shape index (κ1) is 23.4. The molecule has 1 N–H and O–H groups in total. The SMILES string of the molecule is COc1cccc(-n2c(SC(C)C(=O)Nc3cc(C)ccc3OC)nc3ccccc3c2=O)c1. The molecule has 0 radical (unpaired) electrons. The van der Waals surface area contributed by atoms with Gasteiger partial charge in [-0.3, -0.25) is 14.2 Å². The Morgan fingerprint density at radius 1 is 1.03 bits per heavy atom. The van der Waals surface area contributed by atoms with Crippen molar-refractivity contribution < 1.29 is 14.3 Å². The normalized spacial score (nSPS) is 11.8. The maximum Gasteiger partial charge on any atom is 0.266 e. The molecule has 0 spiro atoms. The van der Waals surface area contributed by atoms with Crippen molar-refractivity contribution in [2.24, 2.45) is 0 Å². The number of methoxy groups -OCH3 is 2. The van der Waals surface area contributed by atoms with Gasteiger partial charge in [-0.15, -0.1) is 0 Å². The van der Waals surface area contributed by atoms with Crippen LogP contribution in [0.3, 0.4) is 0 Å². The number of ether oxygens (including phenoxy) is 2.